The molecule has 16 heavy (non-hydrogen) atoms. The molecule has 1 N–H and O–H groups in total. The summed E-state index contributed by atoms with van der Waals surface area (Å²) in [5.74, 6) is 0.979. The monoisotopic (exact) mass is 225 g/mol. The topological polar surface area (TPSA) is 12.0 Å². The summed E-state index contributed by atoms with van der Waals surface area (Å²) < 4.78 is 0. The van der Waals surface area contributed by atoms with Crippen LogP contribution >= 0.6 is 0 Å². The maximum atomic E-state index is 3.50. The van der Waals surface area contributed by atoms with Crippen LogP contribution in [0, 0.1) is 11.3 Å². The minimum atomic E-state index is 0.633. The van der Waals surface area contributed by atoms with E-state index in [1.54, 1.807) is 0 Å². The Morgan fingerprint density at radius 1 is 1.00 bits per heavy atom. The van der Waals surface area contributed by atoms with Gasteiger partial charge in [0.2, 0.25) is 0 Å². The van der Waals surface area contributed by atoms with E-state index in [2.05, 4.69) is 26.1 Å². The molecule has 0 saturated carbocycles. The fraction of sp³-hybridized carbons (Fsp3) is 1.00. The van der Waals surface area contributed by atoms with E-state index in [-0.39, 0.29) is 0 Å². The van der Waals surface area contributed by atoms with E-state index in [9.17, 15) is 0 Å². The summed E-state index contributed by atoms with van der Waals surface area (Å²) >= 11 is 0. The van der Waals surface area contributed by atoms with Crippen LogP contribution in [0.3, 0.4) is 0 Å². The molecule has 1 nitrogen and oxygen atoms in total. The van der Waals surface area contributed by atoms with E-state index < -0.39 is 0 Å². The molecule has 0 aliphatic carbocycles. The molecule has 1 saturated heterocycles. The molecule has 0 amide bonds. The lowest BCUT2D eigenvalue weighted by Crippen LogP contribution is -2.37. The second kappa shape index (κ2) is 7.32. The highest BCUT2D eigenvalue weighted by Crippen LogP contribution is 2.42. The zero-order valence-electron chi connectivity index (χ0n) is 11.6. The van der Waals surface area contributed by atoms with Crippen LogP contribution in [0.25, 0.3) is 0 Å². The Kier molecular flexibility index (Phi) is 6.41. The Balaban J connectivity index is 2.51. The average Bonchev–Trinajstić information content (AvgIpc) is 2.35. The van der Waals surface area contributed by atoms with Gasteiger partial charge in [0, 0.05) is 0 Å². The van der Waals surface area contributed by atoms with E-state index in [4.69, 9.17) is 0 Å². The molecule has 1 heteroatoms. The Hall–Kier alpha value is -0.0400. The molecule has 0 aromatic heterocycles. The largest absolute Gasteiger partial charge is 0.317 e. The first-order chi connectivity index (χ1) is 7.73. The molecule has 0 radical (unpaired) electrons. The van der Waals surface area contributed by atoms with Crippen molar-refractivity contribution in [2.75, 3.05) is 13.1 Å². The van der Waals surface area contributed by atoms with Crippen molar-refractivity contribution in [3.8, 4) is 0 Å². The smallest absolute Gasteiger partial charge is 0.00461 e. The molecule has 1 heterocycles. The number of hydrogen-bond donors (Lipinski definition) is 1. The summed E-state index contributed by atoms with van der Waals surface area (Å²) in [4.78, 5) is 0. The Labute approximate surface area is 102 Å². The van der Waals surface area contributed by atoms with Crippen LogP contribution in [0.1, 0.15) is 72.1 Å². The maximum Gasteiger partial charge on any atom is -0.00461 e. The van der Waals surface area contributed by atoms with Crippen LogP contribution < -0.4 is 5.32 Å². The first-order valence-electron chi connectivity index (χ1n) is 7.43. The lowest BCUT2D eigenvalue weighted by atomic mass is 9.67. The van der Waals surface area contributed by atoms with Gasteiger partial charge < -0.3 is 5.32 Å². The zero-order chi connectivity index (χ0) is 11.9. The van der Waals surface area contributed by atoms with Crippen LogP contribution in [0.4, 0.5) is 0 Å². The van der Waals surface area contributed by atoms with Gasteiger partial charge in [-0.15, -0.1) is 0 Å². The second-order valence-electron chi connectivity index (χ2n) is 5.89. The van der Waals surface area contributed by atoms with Crippen LogP contribution in [0.15, 0.2) is 0 Å². The van der Waals surface area contributed by atoms with Crippen molar-refractivity contribution in [2.45, 2.75) is 72.1 Å². The molecule has 0 spiro atoms. The molecule has 0 bridgehead atoms. The van der Waals surface area contributed by atoms with Crippen molar-refractivity contribution in [1.29, 1.82) is 0 Å². The summed E-state index contributed by atoms with van der Waals surface area (Å²) in [7, 11) is 0. The van der Waals surface area contributed by atoms with Crippen LogP contribution in [0.2, 0.25) is 0 Å². The Morgan fingerprint density at radius 2 is 1.50 bits per heavy atom. The quantitative estimate of drug-likeness (QED) is 0.678. The molecular weight excluding hydrogens is 194 g/mol. The number of rotatable bonds is 7. The standard InChI is InChI=1S/C15H31N/c1-4-6-10-15(3,11-7-5-2)14-8-12-16-13-9-14/h14,16H,4-13H2,1-3H3. The molecule has 1 aliphatic heterocycles. The number of hydrogen-bond acceptors (Lipinski definition) is 1. The van der Waals surface area contributed by atoms with E-state index in [1.165, 1.54) is 64.5 Å². The van der Waals surface area contributed by atoms with Gasteiger partial charge >= 0.3 is 0 Å². The minimum Gasteiger partial charge on any atom is -0.317 e. The highest BCUT2D eigenvalue weighted by molar-refractivity contribution is 4.85. The van der Waals surface area contributed by atoms with E-state index >= 15 is 0 Å². The van der Waals surface area contributed by atoms with Crippen molar-refractivity contribution in [3.05, 3.63) is 0 Å². The van der Waals surface area contributed by atoms with E-state index in [0.717, 1.165) is 5.92 Å². The van der Waals surface area contributed by atoms with Crippen molar-refractivity contribution in [1.82, 2.24) is 5.32 Å². The number of piperidine rings is 1. The molecule has 1 aliphatic rings. The van der Waals surface area contributed by atoms with E-state index in [1.807, 2.05) is 0 Å². The van der Waals surface area contributed by atoms with Gasteiger partial charge in [0.05, 0.1) is 0 Å². The lowest BCUT2D eigenvalue weighted by Gasteiger charge is -2.40. The Morgan fingerprint density at radius 3 is 1.94 bits per heavy atom. The van der Waals surface area contributed by atoms with Gasteiger partial charge in [0.15, 0.2) is 0 Å². The summed E-state index contributed by atoms with van der Waals surface area (Å²) in [6.07, 6.45) is 11.3. The minimum absolute atomic E-state index is 0.633. The number of nitrogens with one attached hydrogen (secondary N) is 1. The summed E-state index contributed by atoms with van der Waals surface area (Å²) in [6.45, 7) is 9.71. The van der Waals surface area contributed by atoms with Crippen molar-refractivity contribution < 1.29 is 0 Å². The third-order valence-corrected chi connectivity index (χ3v) is 4.53. The molecular formula is C15H31N. The van der Waals surface area contributed by atoms with Crippen LogP contribution in [0.5, 0.6) is 0 Å². The van der Waals surface area contributed by atoms with Gasteiger partial charge in [-0.25, -0.2) is 0 Å². The van der Waals surface area contributed by atoms with E-state index in [0.29, 0.717) is 5.41 Å². The molecule has 0 unspecified atom stereocenters. The highest BCUT2D eigenvalue weighted by Gasteiger charge is 2.33. The van der Waals surface area contributed by atoms with Crippen molar-refractivity contribution >= 4 is 0 Å². The molecule has 1 rings (SSSR count). The lowest BCUT2D eigenvalue weighted by molar-refractivity contribution is 0.113. The predicted octanol–water partition coefficient (Wildman–Crippen LogP) is 4.37. The molecule has 0 atom stereocenters. The molecule has 0 aromatic rings. The summed E-state index contributed by atoms with van der Waals surface area (Å²) in [5, 5.41) is 3.50. The number of unbranched alkanes of at least 4 members (excludes halogenated alkanes) is 2. The third kappa shape index (κ3) is 4.08. The van der Waals surface area contributed by atoms with Crippen LogP contribution in [-0.2, 0) is 0 Å². The predicted molar refractivity (Wildman–Crippen MR) is 72.8 cm³/mol. The van der Waals surface area contributed by atoms with Gasteiger partial charge in [-0.1, -0.05) is 46.5 Å². The zero-order valence-corrected chi connectivity index (χ0v) is 11.6. The fourth-order valence-corrected chi connectivity index (χ4v) is 3.21. The van der Waals surface area contributed by atoms with Gasteiger partial charge in [-0.3, -0.25) is 0 Å². The maximum absolute atomic E-state index is 3.50. The molecule has 96 valence electrons. The molecule has 1 fully saturated rings. The van der Waals surface area contributed by atoms with Crippen LogP contribution in [-0.4, -0.2) is 13.1 Å². The normalized spacial score (nSPS) is 18.9. The fourth-order valence-electron chi connectivity index (χ4n) is 3.21. The SMILES string of the molecule is CCCCC(C)(CCCC)C1CCNCC1. The third-order valence-electron chi connectivity index (χ3n) is 4.53. The summed E-state index contributed by atoms with van der Waals surface area (Å²) in [6, 6.07) is 0. The molecule has 0 aromatic carbocycles. The van der Waals surface area contributed by atoms with Gasteiger partial charge in [-0.2, -0.15) is 0 Å². The van der Waals surface area contributed by atoms with Crippen molar-refractivity contribution in [3.63, 3.8) is 0 Å². The van der Waals surface area contributed by atoms with Gasteiger partial charge in [0.25, 0.3) is 0 Å². The van der Waals surface area contributed by atoms with Gasteiger partial charge in [-0.05, 0) is 50.1 Å². The van der Waals surface area contributed by atoms with Gasteiger partial charge in [0.1, 0.15) is 0 Å². The Bertz CT molecular complexity index is 162. The highest BCUT2D eigenvalue weighted by atomic mass is 14.9. The average molecular weight is 225 g/mol. The summed E-state index contributed by atoms with van der Waals surface area (Å²) in [5.41, 5.74) is 0.633. The second-order valence-corrected chi connectivity index (χ2v) is 5.89. The first-order valence-corrected chi connectivity index (χ1v) is 7.43. The first kappa shape index (κ1) is 14.0. The van der Waals surface area contributed by atoms with Crippen molar-refractivity contribution in [2.24, 2.45) is 11.3 Å².